The molecule has 1 fully saturated rings. The fourth-order valence-electron chi connectivity index (χ4n) is 1.92. The molecule has 0 saturated carbocycles. The Labute approximate surface area is 98.0 Å². The van der Waals surface area contributed by atoms with Crippen molar-refractivity contribution in [3.05, 3.63) is 33.1 Å². The Balaban J connectivity index is 2.23. The maximum atomic E-state index is 10.6. The minimum atomic E-state index is -0.512. The van der Waals surface area contributed by atoms with Crippen molar-refractivity contribution in [2.45, 2.75) is 18.8 Å². The Kier molecular flexibility index (Phi) is 3.36. The van der Waals surface area contributed by atoms with Crippen LogP contribution in [0.1, 0.15) is 24.5 Å². The van der Waals surface area contributed by atoms with Gasteiger partial charge in [0.05, 0.1) is 4.92 Å². The number of pyridine rings is 1. The molecule has 2 rings (SSSR count). The van der Waals surface area contributed by atoms with Gasteiger partial charge in [0.15, 0.2) is 0 Å². The number of halogens is 1. The van der Waals surface area contributed by atoms with Crippen LogP contribution in [0.2, 0.25) is 5.15 Å². The van der Waals surface area contributed by atoms with Crippen LogP contribution in [-0.2, 0) is 0 Å². The first-order valence-corrected chi connectivity index (χ1v) is 5.58. The lowest BCUT2D eigenvalue weighted by Crippen LogP contribution is -2.27. The largest absolute Gasteiger partial charge is 0.317 e. The molecular weight excluding hydrogens is 230 g/mol. The van der Waals surface area contributed by atoms with Crippen molar-refractivity contribution < 1.29 is 4.92 Å². The molecular formula is C10H12ClN3O2. The molecule has 6 heteroatoms. The quantitative estimate of drug-likeness (QED) is 0.489. The number of aromatic nitrogens is 1. The summed E-state index contributed by atoms with van der Waals surface area (Å²) in [6, 6.07) is 3.15. The average molecular weight is 242 g/mol. The van der Waals surface area contributed by atoms with Crippen LogP contribution < -0.4 is 5.32 Å². The Bertz CT molecular complexity index is 405. The van der Waals surface area contributed by atoms with Gasteiger partial charge in [-0.25, -0.2) is 4.98 Å². The first-order chi connectivity index (χ1) is 7.68. The van der Waals surface area contributed by atoms with E-state index < -0.39 is 4.92 Å². The van der Waals surface area contributed by atoms with Crippen molar-refractivity contribution in [2.75, 3.05) is 13.1 Å². The van der Waals surface area contributed by atoms with Crippen LogP contribution in [0.3, 0.4) is 0 Å². The van der Waals surface area contributed by atoms with Gasteiger partial charge in [0.25, 0.3) is 0 Å². The summed E-state index contributed by atoms with van der Waals surface area (Å²) >= 11 is 5.78. The van der Waals surface area contributed by atoms with Crippen LogP contribution in [0, 0.1) is 10.1 Å². The van der Waals surface area contributed by atoms with Gasteiger partial charge in [-0.1, -0.05) is 11.6 Å². The lowest BCUT2D eigenvalue weighted by Gasteiger charge is -2.21. The second kappa shape index (κ2) is 4.76. The topological polar surface area (TPSA) is 68.1 Å². The van der Waals surface area contributed by atoms with Crippen LogP contribution in [-0.4, -0.2) is 23.0 Å². The summed E-state index contributed by atoms with van der Waals surface area (Å²) in [5.41, 5.74) is 0.733. The van der Waals surface area contributed by atoms with Crippen LogP contribution in [0.5, 0.6) is 0 Å². The molecule has 5 nitrogen and oxygen atoms in total. The normalized spacial score (nSPS) is 17.3. The number of rotatable bonds is 2. The number of hydrogen-bond acceptors (Lipinski definition) is 4. The first-order valence-electron chi connectivity index (χ1n) is 5.20. The van der Waals surface area contributed by atoms with Gasteiger partial charge in [-0.15, -0.1) is 0 Å². The highest BCUT2D eigenvalue weighted by atomic mass is 35.5. The zero-order chi connectivity index (χ0) is 11.5. The number of piperidine rings is 1. The second-order valence-corrected chi connectivity index (χ2v) is 4.19. The van der Waals surface area contributed by atoms with Crippen molar-refractivity contribution >= 4 is 17.3 Å². The minimum Gasteiger partial charge on any atom is -0.317 e. The molecule has 0 aliphatic carbocycles. The Hall–Kier alpha value is -1.20. The van der Waals surface area contributed by atoms with Gasteiger partial charge in [-0.2, -0.15) is 0 Å². The smallest absolute Gasteiger partial charge is 0.306 e. The van der Waals surface area contributed by atoms with Crippen molar-refractivity contribution in [3.63, 3.8) is 0 Å². The molecule has 86 valence electrons. The zero-order valence-electron chi connectivity index (χ0n) is 8.65. The van der Waals surface area contributed by atoms with Gasteiger partial charge in [-0.05, 0) is 32.0 Å². The van der Waals surface area contributed by atoms with Crippen LogP contribution >= 0.6 is 11.6 Å². The van der Waals surface area contributed by atoms with Gasteiger partial charge in [0, 0.05) is 17.7 Å². The number of nitro groups is 1. The number of nitrogens with zero attached hydrogens (tertiary/aromatic N) is 2. The average Bonchev–Trinajstić information content (AvgIpc) is 2.29. The fourth-order valence-corrected chi connectivity index (χ4v) is 2.15. The van der Waals surface area contributed by atoms with Crippen molar-refractivity contribution in [2.24, 2.45) is 0 Å². The van der Waals surface area contributed by atoms with Crippen molar-refractivity contribution in [1.82, 2.24) is 10.3 Å². The molecule has 1 aromatic rings. The Morgan fingerprint density at radius 2 is 2.12 bits per heavy atom. The van der Waals surface area contributed by atoms with Crippen LogP contribution in [0.4, 0.5) is 5.69 Å². The fraction of sp³-hybridized carbons (Fsp3) is 0.500. The first kappa shape index (κ1) is 11.3. The highest BCUT2D eigenvalue weighted by Crippen LogP contribution is 2.28. The molecule has 16 heavy (non-hydrogen) atoms. The Morgan fingerprint density at radius 1 is 1.44 bits per heavy atom. The van der Waals surface area contributed by atoms with E-state index in [0.29, 0.717) is 5.92 Å². The predicted octanol–water partition coefficient (Wildman–Crippen LogP) is 2.11. The lowest BCUT2D eigenvalue weighted by atomic mass is 9.94. The molecule has 1 aromatic heterocycles. The number of hydrogen-bond donors (Lipinski definition) is 1. The molecule has 2 heterocycles. The summed E-state index contributed by atoms with van der Waals surface area (Å²) in [4.78, 5) is 14.2. The summed E-state index contributed by atoms with van der Waals surface area (Å²) in [7, 11) is 0. The van der Waals surface area contributed by atoms with E-state index in [-0.39, 0.29) is 10.8 Å². The van der Waals surface area contributed by atoms with Gasteiger partial charge in [-0.3, -0.25) is 10.1 Å². The van der Waals surface area contributed by atoms with Gasteiger partial charge < -0.3 is 5.32 Å². The Morgan fingerprint density at radius 3 is 2.69 bits per heavy atom. The molecule has 0 bridgehead atoms. The highest BCUT2D eigenvalue weighted by molar-refractivity contribution is 6.31. The molecule has 0 radical (unpaired) electrons. The van der Waals surface area contributed by atoms with E-state index in [2.05, 4.69) is 10.3 Å². The lowest BCUT2D eigenvalue weighted by molar-refractivity contribution is -0.385. The van der Waals surface area contributed by atoms with E-state index in [0.717, 1.165) is 31.6 Å². The van der Waals surface area contributed by atoms with Crippen molar-refractivity contribution in [1.29, 1.82) is 0 Å². The zero-order valence-corrected chi connectivity index (χ0v) is 9.41. The summed E-state index contributed by atoms with van der Waals surface area (Å²) in [6.45, 7) is 1.92. The third-order valence-corrected chi connectivity index (χ3v) is 3.08. The third kappa shape index (κ3) is 2.31. The van der Waals surface area contributed by atoms with E-state index in [4.69, 9.17) is 11.6 Å². The minimum absolute atomic E-state index is 0.0129. The summed E-state index contributed by atoms with van der Waals surface area (Å²) in [6.07, 6.45) is 2.00. The van der Waals surface area contributed by atoms with Gasteiger partial charge in [0.1, 0.15) is 0 Å². The molecule has 0 aromatic carbocycles. The monoisotopic (exact) mass is 241 g/mol. The molecule has 1 saturated heterocycles. The van der Waals surface area contributed by atoms with Gasteiger partial charge in [0.2, 0.25) is 5.15 Å². The molecule has 0 atom stereocenters. The van der Waals surface area contributed by atoms with E-state index in [1.54, 1.807) is 6.07 Å². The van der Waals surface area contributed by atoms with Gasteiger partial charge >= 0.3 is 5.69 Å². The van der Waals surface area contributed by atoms with Crippen LogP contribution in [0.15, 0.2) is 12.1 Å². The maximum absolute atomic E-state index is 10.6. The van der Waals surface area contributed by atoms with E-state index in [1.807, 2.05) is 0 Å². The SMILES string of the molecule is O=[N+]([O-])c1ccc(C2CCNCC2)nc1Cl. The van der Waals surface area contributed by atoms with E-state index >= 15 is 0 Å². The third-order valence-electron chi connectivity index (χ3n) is 2.80. The molecule has 0 unspecified atom stereocenters. The molecule has 1 N–H and O–H groups in total. The van der Waals surface area contributed by atoms with E-state index in [1.165, 1.54) is 6.07 Å². The van der Waals surface area contributed by atoms with Crippen LogP contribution in [0.25, 0.3) is 0 Å². The maximum Gasteiger partial charge on any atom is 0.306 e. The molecule has 1 aliphatic heterocycles. The highest BCUT2D eigenvalue weighted by Gasteiger charge is 2.20. The van der Waals surface area contributed by atoms with E-state index in [9.17, 15) is 10.1 Å². The second-order valence-electron chi connectivity index (χ2n) is 3.83. The standard InChI is InChI=1S/C10H12ClN3O2/c11-10-9(14(15)16)2-1-8(13-10)7-3-5-12-6-4-7/h1-2,7,12H,3-6H2. The molecule has 0 spiro atoms. The summed E-state index contributed by atoms with van der Waals surface area (Å²) < 4.78 is 0. The summed E-state index contributed by atoms with van der Waals surface area (Å²) in [5.74, 6) is 0.361. The molecule has 0 amide bonds. The number of nitrogens with one attached hydrogen (secondary N) is 1. The predicted molar refractivity (Wildman–Crippen MR) is 60.7 cm³/mol. The van der Waals surface area contributed by atoms with Crippen molar-refractivity contribution in [3.8, 4) is 0 Å². The summed E-state index contributed by atoms with van der Waals surface area (Å²) in [5, 5.41) is 13.8. The molecule has 1 aliphatic rings.